The van der Waals surface area contributed by atoms with E-state index in [1.165, 1.54) is 4.57 Å². The van der Waals surface area contributed by atoms with Crippen molar-refractivity contribution in [2.75, 3.05) is 0 Å². The maximum Gasteiger partial charge on any atom is 0.328 e. The molecule has 1 amide bonds. The van der Waals surface area contributed by atoms with Gasteiger partial charge in [0.05, 0.1) is 12.1 Å². The van der Waals surface area contributed by atoms with Crippen LogP contribution in [0, 0.1) is 6.92 Å². The van der Waals surface area contributed by atoms with Crippen molar-refractivity contribution in [1.82, 2.24) is 14.6 Å². The number of aryl methyl sites for hydroxylation is 1. The predicted molar refractivity (Wildman–Crippen MR) is 73.3 cm³/mol. The summed E-state index contributed by atoms with van der Waals surface area (Å²) in [4.78, 5) is 23.6. The SMILES string of the molecule is Cc1oc(Cn2ccn(C(C)C)c2=O)cc1C(=O)NN. The number of furan rings is 1. The van der Waals surface area contributed by atoms with Gasteiger partial charge in [0.25, 0.3) is 5.91 Å². The normalized spacial score (nSPS) is 11.1. The average Bonchev–Trinajstić information content (AvgIpc) is 2.93. The van der Waals surface area contributed by atoms with Crippen molar-refractivity contribution in [3.8, 4) is 0 Å². The Hall–Kier alpha value is -2.28. The van der Waals surface area contributed by atoms with E-state index in [4.69, 9.17) is 10.3 Å². The van der Waals surface area contributed by atoms with E-state index >= 15 is 0 Å². The summed E-state index contributed by atoms with van der Waals surface area (Å²) in [6.45, 7) is 5.83. The highest BCUT2D eigenvalue weighted by Gasteiger charge is 2.15. The third-order valence-electron chi connectivity index (χ3n) is 3.10. The Morgan fingerprint density at radius 1 is 1.45 bits per heavy atom. The Bertz CT molecular complexity index is 678. The summed E-state index contributed by atoms with van der Waals surface area (Å²) < 4.78 is 8.64. The van der Waals surface area contributed by atoms with Gasteiger partial charge in [0.2, 0.25) is 0 Å². The minimum absolute atomic E-state index is 0.0978. The molecule has 0 unspecified atom stereocenters. The second-order valence-corrected chi connectivity index (χ2v) is 4.87. The Kier molecular flexibility index (Phi) is 3.80. The lowest BCUT2D eigenvalue weighted by Gasteiger charge is -2.04. The molecule has 7 nitrogen and oxygen atoms in total. The van der Waals surface area contributed by atoms with Gasteiger partial charge in [-0.25, -0.2) is 10.6 Å². The summed E-state index contributed by atoms with van der Waals surface area (Å²) >= 11 is 0. The zero-order valence-corrected chi connectivity index (χ0v) is 11.7. The molecule has 2 aromatic rings. The van der Waals surface area contributed by atoms with E-state index in [-0.39, 0.29) is 18.3 Å². The summed E-state index contributed by atoms with van der Waals surface area (Å²) in [5.41, 5.74) is 2.32. The summed E-state index contributed by atoms with van der Waals surface area (Å²) in [5, 5.41) is 0. The van der Waals surface area contributed by atoms with E-state index in [2.05, 4.69) is 5.43 Å². The molecule has 0 aliphatic rings. The van der Waals surface area contributed by atoms with Crippen LogP contribution >= 0.6 is 0 Å². The number of hydrogen-bond donors (Lipinski definition) is 2. The number of nitrogen functional groups attached to an aromatic ring is 1. The largest absolute Gasteiger partial charge is 0.464 e. The number of nitrogens with one attached hydrogen (secondary N) is 1. The molecule has 0 saturated carbocycles. The lowest BCUT2D eigenvalue weighted by molar-refractivity contribution is 0.0952. The Balaban J connectivity index is 2.27. The number of nitrogens with zero attached hydrogens (tertiary/aromatic N) is 2. The topological polar surface area (TPSA) is 95.2 Å². The number of imidazole rings is 1. The fourth-order valence-electron chi connectivity index (χ4n) is 2.03. The average molecular weight is 278 g/mol. The fraction of sp³-hybridized carbons (Fsp3) is 0.385. The summed E-state index contributed by atoms with van der Waals surface area (Å²) in [7, 11) is 0. The third-order valence-corrected chi connectivity index (χ3v) is 3.10. The van der Waals surface area contributed by atoms with Gasteiger partial charge in [-0.1, -0.05) is 0 Å². The van der Waals surface area contributed by atoms with Gasteiger partial charge in [0.1, 0.15) is 11.5 Å². The van der Waals surface area contributed by atoms with Crippen LogP contribution in [0.15, 0.2) is 27.7 Å². The Morgan fingerprint density at radius 2 is 2.15 bits per heavy atom. The second-order valence-electron chi connectivity index (χ2n) is 4.87. The first-order chi connectivity index (χ1) is 9.43. The number of hydrogen-bond acceptors (Lipinski definition) is 4. The molecule has 2 heterocycles. The highest BCUT2D eigenvalue weighted by Crippen LogP contribution is 2.15. The van der Waals surface area contributed by atoms with E-state index in [1.54, 1.807) is 30.0 Å². The molecule has 0 saturated heterocycles. The molecule has 0 radical (unpaired) electrons. The maximum atomic E-state index is 12.1. The van der Waals surface area contributed by atoms with Gasteiger partial charge >= 0.3 is 5.69 Å². The van der Waals surface area contributed by atoms with Crippen molar-refractivity contribution in [2.45, 2.75) is 33.4 Å². The number of amides is 1. The van der Waals surface area contributed by atoms with E-state index in [0.717, 1.165) is 0 Å². The van der Waals surface area contributed by atoms with Crippen LogP contribution in [0.4, 0.5) is 0 Å². The molecule has 108 valence electrons. The van der Waals surface area contributed by atoms with Gasteiger partial charge in [-0.3, -0.25) is 19.4 Å². The number of hydrazine groups is 1. The number of carbonyl (C=O) groups excluding carboxylic acids is 1. The lowest BCUT2D eigenvalue weighted by Crippen LogP contribution is -2.30. The first kappa shape index (κ1) is 14.1. The molecule has 0 aliphatic heterocycles. The monoisotopic (exact) mass is 278 g/mol. The van der Waals surface area contributed by atoms with Crippen LogP contribution in [0.5, 0.6) is 0 Å². The predicted octanol–water partition coefficient (Wildman–Crippen LogP) is 0.784. The Labute approximate surface area is 116 Å². The standard InChI is InChI=1S/C13H18N4O3/c1-8(2)17-5-4-16(13(17)19)7-10-6-11(9(3)20-10)12(18)15-14/h4-6,8H,7,14H2,1-3H3,(H,15,18). The molecular weight excluding hydrogens is 260 g/mol. The molecule has 0 fully saturated rings. The number of aromatic nitrogens is 2. The van der Waals surface area contributed by atoms with Crippen LogP contribution in [0.25, 0.3) is 0 Å². The van der Waals surface area contributed by atoms with Crippen LogP contribution in [0.2, 0.25) is 0 Å². The van der Waals surface area contributed by atoms with Gasteiger partial charge in [-0.05, 0) is 26.8 Å². The first-order valence-electron chi connectivity index (χ1n) is 6.31. The van der Waals surface area contributed by atoms with Crippen molar-refractivity contribution in [3.05, 3.63) is 46.0 Å². The van der Waals surface area contributed by atoms with Crippen LogP contribution < -0.4 is 17.0 Å². The molecule has 7 heteroatoms. The number of rotatable bonds is 4. The number of carbonyl (C=O) groups is 1. The second kappa shape index (κ2) is 5.38. The van der Waals surface area contributed by atoms with Crippen molar-refractivity contribution in [3.63, 3.8) is 0 Å². The minimum Gasteiger partial charge on any atom is -0.464 e. The molecule has 3 N–H and O–H groups in total. The molecule has 0 aliphatic carbocycles. The van der Waals surface area contributed by atoms with Crippen molar-refractivity contribution in [2.24, 2.45) is 5.84 Å². The van der Waals surface area contributed by atoms with Gasteiger partial charge in [0, 0.05) is 18.4 Å². The van der Waals surface area contributed by atoms with Crippen molar-refractivity contribution >= 4 is 5.91 Å². The third kappa shape index (κ3) is 2.53. The molecular formula is C13H18N4O3. The van der Waals surface area contributed by atoms with Crippen LogP contribution in [-0.4, -0.2) is 15.0 Å². The fourth-order valence-corrected chi connectivity index (χ4v) is 2.03. The smallest absolute Gasteiger partial charge is 0.328 e. The zero-order valence-electron chi connectivity index (χ0n) is 11.7. The van der Waals surface area contributed by atoms with Gasteiger partial charge in [-0.2, -0.15) is 0 Å². The summed E-state index contributed by atoms with van der Waals surface area (Å²) in [6, 6.07) is 1.69. The van der Waals surface area contributed by atoms with Gasteiger partial charge in [-0.15, -0.1) is 0 Å². The van der Waals surface area contributed by atoms with Crippen molar-refractivity contribution in [1.29, 1.82) is 0 Å². The molecule has 2 aromatic heterocycles. The summed E-state index contributed by atoms with van der Waals surface area (Å²) in [5.74, 6) is 5.69. The van der Waals surface area contributed by atoms with E-state index < -0.39 is 5.91 Å². The highest BCUT2D eigenvalue weighted by molar-refractivity contribution is 5.94. The van der Waals surface area contributed by atoms with Crippen LogP contribution in [-0.2, 0) is 6.54 Å². The quantitative estimate of drug-likeness (QED) is 0.491. The molecule has 0 atom stereocenters. The molecule has 2 rings (SSSR count). The van der Waals surface area contributed by atoms with E-state index in [1.807, 2.05) is 13.8 Å². The molecule has 0 aromatic carbocycles. The first-order valence-corrected chi connectivity index (χ1v) is 6.31. The molecule has 0 spiro atoms. The molecule has 20 heavy (non-hydrogen) atoms. The van der Waals surface area contributed by atoms with Crippen LogP contribution in [0.3, 0.4) is 0 Å². The summed E-state index contributed by atoms with van der Waals surface area (Å²) in [6.07, 6.45) is 3.43. The maximum absolute atomic E-state index is 12.1. The van der Waals surface area contributed by atoms with Gasteiger partial charge in [0.15, 0.2) is 0 Å². The Morgan fingerprint density at radius 3 is 2.70 bits per heavy atom. The minimum atomic E-state index is -0.412. The molecule has 0 bridgehead atoms. The zero-order chi connectivity index (χ0) is 14.9. The van der Waals surface area contributed by atoms with Crippen molar-refractivity contribution < 1.29 is 9.21 Å². The lowest BCUT2D eigenvalue weighted by atomic mass is 10.2. The van der Waals surface area contributed by atoms with E-state index in [9.17, 15) is 9.59 Å². The van der Waals surface area contributed by atoms with E-state index in [0.29, 0.717) is 17.1 Å². The number of nitrogens with two attached hydrogens (primary N) is 1. The van der Waals surface area contributed by atoms with Crippen LogP contribution in [0.1, 0.15) is 41.8 Å². The highest BCUT2D eigenvalue weighted by atomic mass is 16.3. The van der Waals surface area contributed by atoms with Gasteiger partial charge < -0.3 is 4.42 Å².